The third kappa shape index (κ3) is 5.40. The highest BCUT2D eigenvalue weighted by Crippen LogP contribution is 2.11. The number of benzene rings is 1. The predicted molar refractivity (Wildman–Crippen MR) is 76.1 cm³/mol. The van der Waals surface area contributed by atoms with Crippen LogP contribution in [0.5, 0.6) is 0 Å². The van der Waals surface area contributed by atoms with Gasteiger partial charge in [0.25, 0.3) is 0 Å². The van der Waals surface area contributed by atoms with Crippen molar-refractivity contribution in [1.29, 1.82) is 0 Å². The quantitative estimate of drug-likeness (QED) is 0.556. The standard InChI is InChI=1S/C11H17N5O.ClH/c1-16(2)9-5-3-8(4-6-9)7-14-11(17)15-10(12)13;/h3-6H,7H2,1-2H3,(H5,12,13,14,15,17);1H. The summed E-state index contributed by atoms with van der Waals surface area (Å²) < 4.78 is 0. The van der Waals surface area contributed by atoms with Crippen LogP contribution in [0.2, 0.25) is 0 Å². The normalized spacial score (nSPS) is 9.00. The molecule has 0 bridgehead atoms. The molecule has 0 unspecified atom stereocenters. The molecule has 7 heteroatoms. The molecule has 6 nitrogen and oxygen atoms in total. The van der Waals surface area contributed by atoms with E-state index in [1.165, 1.54) is 0 Å². The summed E-state index contributed by atoms with van der Waals surface area (Å²) in [5.74, 6) is -0.245. The minimum atomic E-state index is -0.540. The van der Waals surface area contributed by atoms with Crippen molar-refractivity contribution in [3.8, 4) is 0 Å². The second kappa shape index (κ2) is 7.39. The van der Waals surface area contributed by atoms with Gasteiger partial charge in [-0.05, 0) is 17.7 Å². The zero-order valence-electron chi connectivity index (χ0n) is 10.4. The monoisotopic (exact) mass is 271 g/mol. The highest BCUT2D eigenvalue weighted by atomic mass is 35.5. The maximum Gasteiger partial charge on any atom is 0.344 e. The number of urea groups is 1. The fourth-order valence-corrected chi connectivity index (χ4v) is 1.25. The molecule has 18 heavy (non-hydrogen) atoms. The molecule has 0 aliphatic heterocycles. The lowest BCUT2D eigenvalue weighted by Gasteiger charge is -2.12. The number of nitrogens with one attached hydrogen (secondary N) is 1. The van der Waals surface area contributed by atoms with Crippen molar-refractivity contribution in [2.24, 2.45) is 16.5 Å². The Morgan fingerprint density at radius 2 is 1.83 bits per heavy atom. The van der Waals surface area contributed by atoms with Crippen LogP contribution in [0.4, 0.5) is 10.5 Å². The lowest BCUT2D eigenvalue weighted by atomic mass is 10.2. The second-order valence-corrected chi connectivity index (χ2v) is 3.76. The van der Waals surface area contributed by atoms with Crippen molar-refractivity contribution in [1.82, 2.24) is 5.32 Å². The van der Waals surface area contributed by atoms with Gasteiger partial charge in [0.2, 0.25) is 0 Å². The van der Waals surface area contributed by atoms with Crippen LogP contribution in [0.25, 0.3) is 0 Å². The number of anilines is 1. The zero-order chi connectivity index (χ0) is 12.8. The molecule has 0 aromatic heterocycles. The topological polar surface area (TPSA) is 96.7 Å². The van der Waals surface area contributed by atoms with Gasteiger partial charge < -0.3 is 21.7 Å². The minimum Gasteiger partial charge on any atom is -0.378 e. The van der Waals surface area contributed by atoms with Crippen LogP contribution < -0.4 is 21.7 Å². The van der Waals surface area contributed by atoms with Crippen molar-refractivity contribution < 1.29 is 4.79 Å². The van der Waals surface area contributed by atoms with E-state index in [9.17, 15) is 4.79 Å². The molecule has 2 amide bonds. The first-order chi connectivity index (χ1) is 7.99. The van der Waals surface area contributed by atoms with Gasteiger partial charge in [0.1, 0.15) is 0 Å². The minimum absolute atomic E-state index is 0. The van der Waals surface area contributed by atoms with Crippen LogP contribution in [0.3, 0.4) is 0 Å². The molecule has 1 aromatic rings. The summed E-state index contributed by atoms with van der Waals surface area (Å²) in [6.45, 7) is 0.392. The summed E-state index contributed by atoms with van der Waals surface area (Å²) >= 11 is 0. The number of hydrogen-bond acceptors (Lipinski definition) is 2. The van der Waals surface area contributed by atoms with Gasteiger partial charge in [0, 0.05) is 26.3 Å². The molecule has 0 aliphatic carbocycles. The maximum atomic E-state index is 11.1. The highest BCUT2D eigenvalue weighted by Gasteiger charge is 2.00. The fourth-order valence-electron chi connectivity index (χ4n) is 1.25. The molecule has 0 atom stereocenters. The molecule has 0 saturated heterocycles. The van der Waals surface area contributed by atoms with Gasteiger partial charge in [-0.1, -0.05) is 12.1 Å². The molecule has 1 aromatic carbocycles. The maximum absolute atomic E-state index is 11.1. The van der Waals surface area contributed by atoms with Gasteiger partial charge in [-0.15, -0.1) is 12.4 Å². The van der Waals surface area contributed by atoms with E-state index in [4.69, 9.17) is 11.5 Å². The van der Waals surface area contributed by atoms with Gasteiger partial charge in [-0.3, -0.25) is 0 Å². The van der Waals surface area contributed by atoms with E-state index >= 15 is 0 Å². The molecule has 5 N–H and O–H groups in total. The summed E-state index contributed by atoms with van der Waals surface area (Å²) in [4.78, 5) is 16.5. The Balaban J connectivity index is 0.00000289. The molecule has 0 fully saturated rings. The van der Waals surface area contributed by atoms with Gasteiger partial charge in [0.05, 0.1) is 0 Å². The first kappa shape index (κ1) is 16.1. The molecule has 0 radical (unpaired) electrons. The number of nitrogens with two attached hydrogens (primary N) is 2. The molecular formula is C11H18ClN5O. The molecular weight excluding hydrogens is 254 g/mol. The average molecular weight is 272 g/mol. The lowest BCUT2D eigenvalue weighted by molar-refractivity contribution is 0.249. The number of halogens is 1. The Kier molecular flexibility index (Phi) is 6.59. The number of carbonyl (C=O) groups excluding carboxylic acids is 1. The van der Waals surface area contributed by atoms with Crippen LogP contribution in [0.15, 0.2) is 29.3 Å². The highest BCUT2D eigenvalue weighted by molar-refractivity contribution is 5.90. The van der Waals surface area contributed by atoms with Crippen LogP contribution in [0.1, 0.15) is 5.56 Å². The van der Waals surface area contributed by atoms with E-state index in [-0.39, 0.29) is 18.4 Å². The SMILES string of the molecule is CN(C)c1ccc(CNC(=O)N=C(N)N)cc1.Cl. The van der Waals surface area contributed by atoms with Crippen molar-refractivity contribution in [3.05, 3.63) is 29.8 Å². The van der Waals surface area contributed by atoms with Crippen LogP contribution in [-0.2, 0) is 6.54 Å². The molecule has 1 rings (SSSR count). The number of hydrogen-bond donors (Lipinski definition) is 3. The smallest absolute Gasteiger partial charge is 0.344 e. The van der Waals surface area contributed by atoms with Crippen LogP contribution in [0, 0.1) is 0 Å². The number of nitrogens with zero attached hydrogens (tertiary/aromatic N) is 2. The predicted octanol–water partition coefficient (Wildman–Crippen LogP) is 0.657. The Hall–Kier alpha value is -1.95. The first-order valence-corrected chi connectivity index (χ1v) is 5.13. The van der Waals surface area contributed by atoms with Crippen molar-refractivity contribution in [2.45, 2.75) is 6.54 Å². The summed E-state index contributed by atoms with van der Waals surface area (Å²) in [7, 11) is 3.94. The third-order valence-corrected chi connectivity index (χ3v) is 2.13. The van der Waals surface area contributed by atoms with E-state index < -0.39 is 6.03 Å². The largest absolute Gasteiger partial charge is 0.378 e. The number of aliphatic imine (C=N–C) groups is 1. The number of guanidine groups is 1. The third-order valence-electron chi connectivity index (χ3n) is 2.13. The number of amides is 2. The zero-order valence-corrected chi connectivity index (χ0v) is 11.2. The van der Waals surface area contributed by atoms with E-state index in [2.05, 4.69) is 10.3 Å². The summed E-state index contributed by atoms with van der Waals surface area (Å²) in [6, 6.07) is 7.28. The molecule has 0 heterocycles. The van der Waals surface area contributed by atoms with Gasteiger partial charge in [0.15, 0.2) is 5.96 Å². The van der Waals surface area contributed by atoms with Gasteiger partial charge >= 0.3 is 6.03 Å². The first-order valence-electron chi connectivity index (χ1n) is 5.13. The molecule has 0 aliphatic rings. The molecule has 0 saturated carbocycles. The van der Waals surface area contributed by atoms with E-state index in [0.717, 1.165) is 11.3 Å². The van der Waals surface area contributed by atoms with E-state index in [0.29, 0.717) is 6.54 Å². The van der Waals surface area contributed by atoms with Crippen LogP contribution >= 0.6 is 12.4 Å². The Labute approximate surface area is 112 Å². The van der Waals surface area contributed by atoms with Crippen molar-refractivity contribution >= 4 is 30.1 Å². The van der Waals surface area contributed by atoms with Crippen LogP contribution in [-0.4, -0.2) is 26.1 Å². The second-order valence-electron chi connectivity index (χ2n) is 3.76. The summed E-state index contributed by atoms with van der Waals surface area (Å²) in [6.07, 6.45) is 0. The summed E-state index contributed by atoms with van der Waals surface area (Å²) in [5, 5.41) is 2.58. The molecule has 100 valence electrons. The lowest BCUT2D eigenvalue weighted by Crippen LogP contribution is -2.28. The average Bonchev–Trinajstić information content (AvgIpc) is 2.26. The Morgan fingerprint density at radius 1 is 1.28 bits per heavy atom. The fraction of sp³-hybridized carbons (Fsp3) is 0.273. The van der Waals surface area contributed by atoms with Gasteiger partial charge in [-0.2, -0.15) is 4.99 Å². The van der Waals surface area contributed by atoms with E-state index in [1.807, 2.05) is 43.3 Å². The van der Waals surface area contributed by atoms with Crippen molar-refractivity contribution in [2.75, 3.05) is 19.0 Å². The Morgan fingerprint density at radius 3 is 2.28 bits per heavy atom. The van der Waals surface area contributed by atoms with E-state index in [1.54, 1.807) is 0 Å². The number of rotatable bonds is 3. The molecule has 0 spiro atoms. The van der Waals surface area contributed by atoms with Crippen molar-refractivity contribution in [3.63, 3.8) is 0 Å². The Bertz CT molecular complexity index is 412. The van der Waals surface area contributed by atoms with Gasteiger partial charge in [-0.25, -0.2) is 4.79 Å². The number of carbonyl (C=O) groups is 1. The summed E-state index contributed by atoms with van der Waals surface area (Å²) in [5.41, 5.74) is 12.2.